The van der Waals surface area contributed by atoms with Gasteiger partial charge in [-0.1, -0.05) is 17.7 Å². The number of nitrogens with zero attached hydrogens (tertiary/aromatic N) is 3. The largest absolute Gasteiger partial charge is 0.373 e. The van der Waals surface area contributed by atoms with Crippen molar-refractivity contribution in [1.82, 2.24) is 9.97 Å². The number of nitrogens with one attached hydrogen (secondary N) is 1. The van der Waals surface area contributed by atoms with Gasteiger partial charge in [-0.3, -0.25) is 0 Å². The Kier molecular flexibility index (Phi) is 3.93. The smallest absolute Gasteiger partial charge is 0.141 e. The molecule has 4 heteroatoms. The highest BCUT2D eigenvalue weighted by atomic mass is 15.2. The van der Waals surface area contributed by atoms with E-state index < -0.39 is 0 Å². The van der Waals surface area contributed by atoms with Gasteiger partial charge in [0, 0.05) is 25.3 Å². The third-order valence-electron chi connectivity index (χ3n) is 3.50. The van der Waals surface area contributed by atoms with Crippen LogP contribution < -0.4 is 10.2 Å². The molecule has 0 saturated carbocycles. The van der Waals surface area contributed by atoms with E-state index in [4.69, 9.17) is 0 Å². The van der Waals surface area contributed by atoms with Gasteiger partial charge in [-0.25, -0.2) is 9.97 Å². The number of rotatable bonds is 3. The quantitative estimate of drug-likeness (QED) is 0.926. The predicted octanol–water partition coefficient (Wildman–Crippen LogP) is 3.52. The monoisotopic (exact) mass is 270 g/mol. The summed E-state index contributed by atoms with van der Waals surface area (Å²) in [5.41, 5.74) is 4.74. The van der Waals surface area contributed by atoms with Gasteiger partial charge in [-0.2, -0.15) is 0 Å². The van der Waals surface area contributed by atoms with Crippen LogP contribution in [-0.4, -0.2) is 24.1 Å². The minimum atomic E-state index is 0.770. The van der Waals surface area contributed by atoms with Crippen LogP contribution in [0, 0.1) is 27.7 Å². The summed E-state index contributed by atoms with van der Waals surface area (Å²) >= 11 is 0. The summed E-state index contributed by atoms with van der Waals surface area (Å²) in [6, 6.07) is 6.45. The van der Waals surface area contributed by atoms with Crippen molar-refractivity contribution in [2.24, 2.45) is 0 Å². The van der Waals surface area contributed by atoms with E-state index in [-0.39, 0.29) is 0 Å². The SMILES string of the molecule is CNc1nc(C)nc(N(C)c2ccc(C)cc2C)c1C. The first-order valence-electron chi connectivity index (χ1n) is 6.78. The van der Waals surface area contributed by atoms with Crippen molar-refractivity contribution in [1.29, 1.82) is 0 Å². The summed E-state index contributed by atoms with van der Waals surface area (Å²) < 4.78 is 0. The first kappa shape index (κ1) is 14.3. The normalized spacial score (nSPS) is 10.5. The fourth-order valence-electron chi connectivity index (χ4n) is 2.48. The van der Waals surface area contributed by atoms with E-state index in [1.165, 1.54) is 16.8 Å². The number of benzene rings is 1. The van der Waals surface area contributed by atoms with Crippen LogP contribution in [0.3, 0.4) is 0 Å². The highest BCUT2D eigenvalue weighted by Crippen LogP contribution is 2.30. The molecule has 0 unspecified atom stereocenters. The summed E-state index contributed by atoms with van der Waals surface area (Å²) in [6.07, 6.45) is 0. The lowest BCUT2D eigenvalue weighted by atomic mass is 10.1. The molecule has 20 heavy (non-hydrogen) atoms. The van der Waals surface area contributed by atoms with Crippen LogP contribution in [0.25, 0.3) is 0 Å². The molecule has 0 radical (unpaired) electrons. The lowest BCUT2D eigenvalue weighted by Gasteiger charge is -2.23. The standard InChI is InChI=1S/C16H22N4/c1-10-7-8-14(11(2)9-10)20(6)16-12(3)15(17-5)18-13(4)19-16/h7-9H,1-6H3,(H,17,18,19). The molecule has 0 saturated heterocycles. The second-order valence-corrected chi connectivity index (χ2v) is 5.17. The van der Waals surface area contributed by atoms with Crippen LogP contribution in [-0.2, 0) is 0 Å². The van der Waals surface area contributed by atoms with Gasteiger partial charge in [0.15, 0.2) is 0 Å². The van der Waals surface area contributed by atoms with Crippen molar-refractivity contribution in [3.63, 3.8) is 0 Å². The van der Waals surface area contributed by atoms with Crippen LogP contribution in [0.15, 0.2) is 18.2 Å². The van der Waals surface area contributed by atoms with Crippen molar-refractivity contribution in [3.8, 4) is 0 Å². The Labute approximate surface area is 120 Å². The topological polar surface area (TPSA) is 41.1 Å². The van der Waals surface area contributed by atoms with Gasteiger partial charge in [0.05, 0.1) is 0 Å². The van der Waals surface area contributed by atoms with Crippen molar-refractivity contribution < 1.29 is 0 Å². The van der Waals surface area contributed by atoms with Crippen molar-refractivity contribution >= 4 is 17.3 Å². The molecule has 1 aromatic carbocycles. The Bertz CT molecular complexity index is 635. The van der Waals surface area contributed by atoms with E-state index in [9.17, 15) is 0 Å². The third-order valence-corrected chi connectivity index (χ3v) is 3.50. The van der Waals surface area contributed by atoms with E-state index in [2.05, 4.69) is 52.2 Å². The minimum absolute atomic E-state index is 0.770. The maximum Gasteiger partial charge on any atom is 0.141 e. The molecule has 0 amide bonds. The van der Waals surface area contributed by atoms with E-state index in [0.29, 0.717) is 0 Å². The summed E-state index contributed by atoms with van der Waals surface area (Å²) in [5, 5.41) is 3.13. The lowest BCUT2D eigenvalue weighted by molar-refractivity contribution is 0.990. The summed E-state index contributed by atoms with van der Waals surface area (Å²) in [7, 11) is 3.93. The molecule has 1 heterocycles. The molecule has 4 nitrogen and oxygen atoms in total. The van der Waals surface area contributed by atoms with Gasteiger partial charge < -0.3 is 10.2 Å². The molecule has 2 aromatic rings. The van der Waals surface area contributed by atoms with Gasteiger partial charge >= 0.3 is 0 Å². The average Bonchev–Trinajstić information content (AvgIpc) is 2.40. The van der Waals surface area contributed by atoms with Crippen LogP contribution in [0.5, 0.6) is 0 Å². The zero-order valence-corrected chi connectivity index (χ0v) is 13.1. The van der Waals surface area contributed by atoms with E-state index >= 15 is 0 Å². The lowest BCUT2D eigenvalue weighted by Crippen LogP contribution is -2.16. The number of aryl methyl sites for hydroxylation is 3. The molecule has 0 spiro atoms. The highest BCUT2D eigenvalue weighted by Gasteiger charge is 2.14. The second-order valence-electron chi connectivity index (χ2n) is 5.17. The predicted molar refractivity (Wildman–Crippen MR) is 85.0 cm³/mol. The van der Waals surface area contributed by atoms with Crippen molar-refractivity contribution in [2.75, 3.05) is 24.3 Å². The summed E-state index contributed by atoms with van der Waals surface area (Å²) in [5.74, 6) is 2.59. The molecular weight excluding hydrogens is 248 g/mol. The van der Waals surface area contributed by atoms with Crippen molar-refractivity contribution in [2.45, 2.75) is 27.7 Å². The number of hydrogen-bond donors (Lipinski definition) is 1. The van der Waals surface area contributed by atoms with Gasteiger partial charge in [0.25, 0.3) is 0 Å². The fourth-order valence-corrected chi connectivity index (χ4v) is 2.48. The maximum absolute atomic E-state index is 4.60. The van der Waals surface area contributed by atoms with Gasteiger partial charge in [0.1, 0.15) is 17.5 Å². The molecular formula is C16H22N4. The third kappa shape index (κ3) is 2.59. The average molecular weight is 270 g/mol. The molecule has 0 bridgehead atoms. The number of anilines is 3. The summed E-state index contributed by atoms with van der Waals surface area (Å²) in [4.78, 5) is 11.1. The molecule has 106 valence electrons. The Morgan fingerprint density at radius 1 is 1.05 bits per heavy atom. The zero-order valence-electron chi connectivity index (χ0n) is 13.1. The fraction of sp³-hybridized carbons (Fsp3) is 0.375. The first-order chi connectivity index (χ1) is 9.43. The Balaban J connectivity index is 2.53. The van der Waals surface area contributed by atoms with E-state index in [1.807, 2.05) is 27.9 Å². The zero-order chi connectivity index (χ0) is 14.9. The van der Waals surface area contributed by atoms with Crippen LogP contribution in [0.1, 0.15) is 22.5 Å². The summed E-state index contributed by atoms with van der Waals surface area (Å²) in [6.45, 7) is 8.19. The van der Waals surface area contributed by atoms with Gasteiger partial charge in [-0.05, 0) is 39.3 Å². The molecule has 0 fully saturated rings. The van der Waals surface area contributed by atoms with Crippen LogP contribution in [0.4, 0.5) is 17.3 Å². The maximum atomic E-state index is 4.60. The van der Waals surface area contributed by atoms with Crippen LogP contribution in [0.2, 0.25) is 0 Å². The number of hydrogen-bond acceptors (Lipinski definition) is 4. The molecule has 0 aliphatic heterocycles. The highest BCUT2D eigenvalue weighted by molar-refractivity contribution is 5.69. The Hall–Kier alpha value is -2.10. The molecule has 0 aliphatic carbocycles. The van der Waals surface area contributed by atoms with Gasteiger partial charge in [0.2, 0.25) is 0 Å². The van der Waals surface area contributed by atoms with E-state index in [0.717, 1.165) is 23.0 Å². The Morgan fingerprint density at radius 2 is 1.75 bits per heavy atom. The molecule has 1 N–H and O–H groups in total. The molecule has 2 rings (SSSR count). The van der Waals surface area contributed by atoms with Crippen LogP contribution >= 0.6 is 0 Å². The van der Waals surface area contributed by atoms with E-state index in [1.54, 1.807) is 0 Å². The molecule has 0 aliphatic rings. The first-order valence-corrected chi connectivity index (χ1v) is 6.78. The second kappa shape index (κ2) is 5.49. The van der Waals surface area contributed by atoms with Crippen molar-refractivity contribution in [3.05, 3.63) is 40.7 Å². The Morgan fingerprint density at radius 3 is 2.35 bits per heavy atom. The molecule has 0 atom stereocenters. The molecule has 1 aromatic heterocycles. The van der Waals surface area contributed by atoms with Gasteiger partial charge in [-0.15, -0.1) is 0 Å². The number of aromatic nitrogens is 2. The minimum Gasteiger partial charge on any atom is -0.373 e.